The number of ether oxygens (including phenoxy) is 2. The number of imide groups is 1. The van der Waals surface area contributed by atoms with Gasteiger partial charge in [0.15, 0.2) is 17.0 Å². The van der Waals surface area contributed by atoms with E-state index in [1.54, 1.807) is 49.6 Å². The van der Waals surface area contributed by atoms with Crippen LogP contribution in [0.2, 0.25) is 0 Å². The first-order chi connectivity index (χ1) is 20.0. The van der Waals surface area contributed by atoms with Crippen molar-refractivity contribution < 1.29 is 29.0 Å². The van der Waals surface area contributed by atoms with Gasteiger partial charge in [0.1, 0.15) is 6.61 Å². The van der Waals surface area contributed by atoms with E-state index in [1.165, 1.54) is 4.90 Å². The largest absolute Gasteiger partial charge is 0.493 e. The Labute approximate surface area is 239 Å². The monoisotopic (exact) mass is 554 g/mol. The van der Waals surface area contributed by atoms with E-state index in [9.17, 15) is 19.5 Å². The number of methoxy groups -OCH3 is 1. The Kier molecular flexibility index (Phi) is 7.26. The zero-order chi connectivity index (χ0) is 28.6. The standard InChI is InChI=1S/C33H34N2O6/c1-40-25-19-11-18-24(29(25)41-20-21-12-5-2-6-13-21)28-26-27(31(37)35(30(26)36)23-16-9-4-10-17-23)33(34-28,32(38)39)22-14-7-3-8-15-22/h2-3,5-8,11-15,18-19,23,26-28,34H,4,9-10,16-17,20H2,1H3,(H,38,39). The highest BCUT2D eigenvalue weighted by Gasteiger charge is 2.70. The van der Waals surface area contributed by atoms with E-state index >= 15 is 0 Å². The number of likely N-dealkylation sites (tertiary alicyclic amines) is 1. The van der Waals surface area contributed by atoms with Gasteiger partial charge in [-0.3, -0.25) is 19.8 Å². The third-order valence-corrected chi connectivity index (χ3v) is 8.89. The van der Waals surface area contributed by atoms with Gasteiger partial charge in [0.25, 0.3) is 0 Å². The predicted molar refractivity (Wildman–Crippen MR) is 151 cm³/mol. The second kappa shape index (κ2) is 11.0. The van der Waals surface area contributed by atoms with Gasteiger partial charge in [-0.1, -0.05) is 92.1 Å². The highest BCUT2D eigenvalue weighted by molar-refractivity contribution is 6.10. The molecule has 2 N–H and O–H groups in total. The molecular formula is C33H34N2O6. The number of carbonyl (C=O) groups excluding carboxylic acids is 2. The highest BCUT2D eigenvalue weighted by Crippen LogP contribution is 2.55. The number of rotatable bonds is 8. The molecule has 0 bridgehead atoms. The molecule has 0 aromatic heterocycles. The van der Waals surface area contributed by atoms with Crippen molar-refractivity contribution in [3.8, 4) is 11.5 Å². The fourth-order valence-corrected chi connectivity index (χ4v) is 7.00. The van der Waals surface area contributed by atoms with Gasteiger partial charge in [-0.2, -0.15) is 0 Å². The molecule has 0 radical (unpaired) electrons. The van der Waals surface area contributed by atoms with Crippen LogP contribution in [-0.4, -0.2) is 40.9 Å². The van der Waals surface area contributed by atoms with E-state index in [4.69, 9.17) is 9.47 Å². The lowest BCUT2D eigenvalue weighted by molar-refractivity contribution is -0.153. The quantitative estimate of drug-likeness (QED) is 0.384. The number of aliphatic carboxylic acids is 1. The average molecular weight is 555 g/mol. The summed E-state index contributed by atoms with van der Waals surface area (Å²) >= 11 is 0. The number of carboxylic acids is 1. The summed E-state index contributed by atoms with van der Waals surface area (Å²) in [5, 5.41) is 14.2. The van der Waals surface area contributed by atoms with Crippen LogP contribution in [0.15, 0.2) is 78.9 Å². The Morgan fingerprint density at radius 3 is 2.27 bits per heavy atom. The maximum atomic E-state index is 14.3. The molecule has 8 nitrogen and oxygen atoms in total. The van der Waals surface area contributed by atoms with Crippen LogP contribution < -0.4 is 14.8 Å². The number of nitrogens with one attached hydrogen (secondary N) is 1. The minimum Gasteiger partial charge on any atom is -0.493 e. The average Bonchev–Trinajstić information content (AvgIpc) is 3.51. The van der Waals surface area contributed by atoms with Crippen LogP contribution in [0.5, 0.6) is 11.5 Å². The molecule has 2 saturated heterocycles. The Bertz CT molecular complexity index is 1440. The van der Waals surface area contributed by atoms with Crippen LogP contribution in [0.1, 0.15) is 54.8 Å². The molecule has 1 aliphatic carbocycles. The first kappa shape index (κ1) is 27.0. The topological polar surface area (TPSA) is 105 Å². The SMILES string of the molecule is COc1cccc(C2NC(C(=O)O)(c3ccccc3)C3C(=O)N(C4CCCCC4)C(=O)C23)c1OCc1ccccc1. The Hall–Kier alpha value is -4.17. The minimum atomic E-state index is -1.80. The highest BCUT2D eigenvalue weighted by atomic mass is 16.5. The van der Waals surface area contributed by atoms with E-state index < -0.39 is 35.3 Å². The number of fused-ring (bicyclic) bond motifs is 1. The summed E-state index contributed by atoms with van der Waals surface area (Å²) in [6, 6.07) is 22.8. The lowest BCUT2D eigenvalue weighted by atomic mass is 9.75. The molecule has 3 aromatic carbocycles. The lowest BCUT2D eigenvalue weighted by Crippen LogP contribution is -2.54. The number of nitrogens with zero attached hydrogens (tertiary/aromatic N) is 1. The van der Waals surface area contributed by atoms with Gasteiger partial charge in [-0.05, 0) is 30.0 Å². The predicted octanol–water partition coefficient (Wildman–Crippen LogP) is 4.83. The number of benzene rings is 3. The van der Waals surface area contributed by atoms with Crippen molar-refractivity contribution in [2.75, 3.05) is 7.11 Å². The molecule has 4 atom stereocenters. The molecule has 212 valence electrons. The summed E-state index contributed by atoms with van der Waals surface area (Å²) < 4.78 is 12.0. The molecule has 2 aliphatic heterocycles. The van der Waals surface area contributed by atoms with Crippen molar-refractivity contribution in [2.45, 2.75) is 56.3 Å². The molecule has 2 amide bonds. The van der Waals surface area contributed by atoms with Crippen molar-refractivity contribution in [1.82, 2.24) is 10.2 Å². The molecule has 2 heterocycles. The molecule has 0 spiro atoms. The Morgan fingerprint density at radius 2 is 1.61 bits per heavy atom. The van der Waals surface area contributed by atoms with Crippen molar-refractivity contribution in [2.24, 2.45) is 11.8 Å². The fraction of sp³-hybridized carbons (Fsp3) is 0.364. The van der Waals surface area contributed by atoms with Crippen LogP contribution in [0.4, 0.5) is 0 Å². The van der Waals surface area contributed by atoms with Crippen LogP contribution in [0, 0.1) is 11.8 Å². The normalized spacial score (nSPS) is 26.2. The van der Waals surface area contributed by atoms with Crippen molar-refractivity contribution in [3.05, 3.63) is 95.6 Å². The number of hydrogen-bond acceptors (Lipinski definition) is 6. The number of carboxylic acid groups (broad SMARTS) is 1. The van der Waals surface area contributed by atoms with Gasteiger partial charge in [-0.15, -0.1) is 0 Å². The molecule has 1 saturated carbocycles. The van der Waals surface area contributed by atoms with Crippen LogP contribution in [0.3, 0.4) is 0 Å². The third kappa shape index (κ3) is 4.47. The molecule has 6 rings (SSSR count). The van der Waals surface area contributed by atoms with E-state index in [0.717, 1.165) is 37.7 Å². The van der Waals surface area contributed by atoms with Gasteiger partial charge < -0.3 is 14.6 Å². The van der Waals surface area contributed by atoms with E-state index in [2.05, 4.69) is 5.32 Å². The number of hydrogen-bond donors (Lipinski definition) is 2. The minimum absolute atomic E-state index is 0.212. The zero-order valence-corrected chi connectivity index (χ0v) is 23.0. The fourth-order valence-electron chi connectivity index (χ4n) is 7.00. The summed E-state index contributed by atoms with van der Waals surface area (Å²) in [5.41, 5.74) is 0.167. The van der Waals surface area contributed by atoms with E-state index in [1.807, 2.05) is 36.4 Å². The molecule has 4 unspecified atom stereocenters. The third-order valence-electron chi connectivity index (χ3n) is 8.89. The van der Waals surface area contributed by atoms with Crippen LogP contribution >= 0.6 is 0 Å². The second-order valence-electron chi connectivity index (χ2n) is 11.1. The van der Waals surface area contributed by atoms with Crippen molar-refractivity contribution in [3.63, 3.8) is 0 Å². The smallest absolute Gasteiger partial charge is 0.329 e. The number of amides is 2. The molecular weight excluding hydrogens is 520 g/mol. The van der Waals surface area contributed by atoms with Crippen LogP contribution in [-0.2, 0) is 26.5 Å². The van der Waals surface area contributed by atoms with Gasteiger partial charge in [0, 0.05) is 17.6 Å². The van der Waals surface area contributed by atoms with Crippen LogP contribution in [0.25, 0.3) is 0 Å². The molecule has 8 heteroatoms. The molecule has 3 aliphatic rings. The Morgan fingerprint density at radius 1 is 0.927 bits per heavy atom. The molecule has 41 heavy (non-hydrogen) atoms. The summed E-state index contributed by atoms with van der Waals surface area (Å²) in [5.74, 6) is -3.08. The maximum Gasteiger partial charge on any atom is 0.329 e. The number of para-hydroxylation sites is 1. The van der Waals surface area contributed by atoms with Gasteiger partial charge >= 0.3 is 5.97 Å². The Balaban J connectivity index is 1.48. The molecule has 3 fully saturated rings. The van der Waals surface area contributed by atoms with Crippen molar-refractivity contribution in [1.29, 1.82) is 0 Å². The maximum absolute atomic E-state index is 14.3. The second-order valence-corrected chi connectivity index (χ2v) is 11.1. The summed E-state index contributed by atoms with van der Waals surface area (Å²) in [4.78, 5) is 43.2. The first-order valence-electron chi connectivity index (χ1n) is 14.2. The summed E-state index contributed by atoms with van der Waals surface area (Å²) in [6.07, 6.45) is 4.43. The lowest BCUT2D eigenvalue weighted by Gasteiger charge is -2.35. The zero-order valence-electron chi connectivity index (χ0n) is 23.0. The molecule has 3 aromatic rings. The van der Waals surface area contributed by atoms with Gasteiger partial charge in [-0.25, -0.2) is 4.79 Å². The van der Waals surface area contributed by atoms with Crippen molar-refractivity contribution >= 4 is 17.8 Å². The van der Waals surface area contributed by atoms with E-state index in [-0.39, 0.29) is 18.6 Å². The summed E-state index contributed by atoms with van der Waals surface area (Å²) in [7, 11) is 1.54. The first-order valence-corrected chi connectivity index (χ1v) is 14.2. The van der Waals surface area contributed by atoms with E-state index in [0.29, 0.717) is 22.6 Å². The summed E-state index contributed by atoms with van der Waals surface area (Å²) in [6.45, 7) is 0.249. The number of carbonyl (C=O) groups is 3. The van der Waals surface area contributed by atoms with Gasteiger partial charge in [0.2, 0.25) is 11.8 Å². The van der Waals surface area contributed by atoms with Gasteiger partial charge in [0.05, 0.1) is 18.9 Å².